The third-order valence-corrected chi connectivity index (χ3v) is 11.8. The molecule has 1 aliphatic rings. The van der Waals surface area contributed by atoms with E-state index in [1.54, 1.807) is 0 Å². The van der Waals surface area contributed by atoms with Crippen LogP contribution in [0.15, 0.2) is 192 Å². The lowest BCUT2D eigenvalue weighted by atomic mass is 10.0. The fourth-order valence-electron chi connectivity index (χ4n) is 9.22. The molecule has 4 heterocycles. The van der Waals surface area contributed by atoms with Crippen LogP contribution in [0.5, 0.6) is 0 Å². The van der Waals surface area contributed by atoms with Crippen molar-refractivity contribution in [1.29, 1.82) is 0 Å². The van der Waals surface area contributed by atoms with Gasteiger partial charge in [-0.15, -0.1) is 0 Å². The topological polar surface area (TPSA) is 59.1 Å². The molecule has 0 amide bonds. The van der Waals surface area contributed by atoms with Gasteiger partial charge in [0.25, 0.3) is 0 Å². The zero-order chi connectivity index (χ0) is 37.5. The maximum absolute atomic E-state index is 6.81. The molecule has 6 nitrogen and oxygen atoms in total. The highest BCUT2D eigenvalue weighted by molar-refractivity contribution is 6.24. The minimum absolute atomic E-state index is 0.0649. The van der Waals surface area contributed by atoms with E-state index in [9.17, 15) is 0 Å². The van der Waals surface area contributed by atoms with Gasteiger partial charge in [0, 0.05) is 43.7 Å². The van der Waals surface area contributed by atoms with Crippen molar-refractivity contribution in [2.24, 2.45) is 0 Å². The number of hydrogen-bond donors (Lipinski definition) is 3. The van der Waals surface area contributed by atoms with Gasteiger partial charge in [0.2, 0.25) is 0 Å². The van der Waals surface area contributed by atoms with E-state index in [0.717, 1.165) is 55.3 Å². The van der Waals surface area contributed by atoms with Gasteiger partial charge >= 0.3 is 0 Å². The molecule has 8 aromatic carbocycles. The van der Waals surface area contributed by atoms with Gasteiger partial charge in [0.05, 0.1) is 40.6 Å². The number of aromatic nitrogens is 2. The zero-order valence-corrected chi connectivity index (χ0v) is 30.9. The Kier molecular flexibility index (Phi) is 7.25. The van der Waals surface area contributed by atoms with Crippen LogP contribution in [0.3, 0.4) is 0 Å². The Morgan fingerprint density at radius 3 is 1.60 bits per heavy atom. The van der Waals surface area contributed by atoms with Crippen LogP contribution in [0.1, 0.15) is 35.2 Å². The first-order chi connectivity index (χ1) is 28.3. The monoisotopic (exact) mass is 735 g/mol. The maximum atomic E-state index is 6.81. The molecule has 3 aromatic heterocycles. The molecule has 272 valence electrons. The van der Waals surface area contributed by atoms with E-state index in [4.69, 9.17) is 4.42 Å². The first-order valence-electron chi connectivity index (χ1n) is 19.6. The van der Waals surface area contributed by atoms with Crippen molar-refractivity contribution in [1.82, 2.24) is 25.1 Å². The molecule has 3 N–H and O–H groups in total. The Hall–Kier alpha value is -6.96. The molecule has 2 unspecified atom stereocenters. The predicted molar refractivity (Wildman–Crippen MR) is 233 cm³/mol. The lowest BCUT2D eigenvalue weighted by Gasteiger charge is -2.39. The Bertz CT molecular complexity index is 3240. The zero-order valence-electron chi connectivity index (χ0n) is 30.9. The minimum Gasteiger partial charge on any atom is -0.454 e. The fraction of sp³-hybridized carbons (Fsp3) is 0.0588. The molecule has 1 saturated heterocycles. The summed E-state index contributed by atoms with van der Waals surface area (Å²) in [5.74, 6) is 0. The third-order valence-electron chi connectivity index (χ3n) is 11.8. The van der Waals surface area contributed by atoms with Crippen molar-refractivity contribution in [2.45, 2.75) is 18.5 Å². The average Bonchev–Trinajstić information content (AvgIpc) is 3.94. The summed E-state index contributed by atoms with van der Waals surface area (Å²) in [6.45, 7) is 0. The highest BCUT2D eigenvalue weighted by Crippen LogP contribution is 2.43. The lowest BCUT2D eigenvalue weighted by molar-refractivity contribution is 0.203. The molecule has 57 heavy (non-hydrogen) atoms. The largest absolute Gasteiger partial charge is 0.454 e. The van der Waals surface area contributed by atoms with Gasteiger partial charge in [-0.1, -0.05) is 133 Å². The summed E-state index contributed by atoms with van der Waals surface area (Å²) in [6.07, 6.45) is -0.272. The van der Waals surface area contributed by atoms with Crippen LogP contribution in [0.4, 0.5) is 0 Å². The van der Waals surface area contributed by atoms with Gasteiger partial charge < -0.3 is 13.6 Å². The van der Waals surface area contributed by atoms with Gasteiger partial charge in [-0.25, -0.2) is 0 Å². The lowest BCUT2D eigenvalue weighted by Crippen LogP contribution is -2.54. The predicted octanol–water partition coefficient (Wildman–Crippen LogP) is 12.0. The number of rotatable bonds is 5. The van der Waals surface area contributed by atoms with E-state index in [1.807, 2.05) is 6.07 Å². The van der Waals surface area contributed by atoms with Crippen LogP contribution >= 0.6 is 0 Å². The summed E-state index contributed by atoms with van der Waals surface area (Å²) in [7, 11) is 0. The number of hydrogen-bond acceptors (Lipinski definition) is 4. The summed E-state index contributed by atoms with van der Waals surface area (Å²) in [4.78, 5) is 0. The number of furan rings is 1. The molecule has 11 aromatic rings. The molecule has 12 rings (SSSR count). The normalized spacial score (nSPS) is 17.4. The Labute approximate surface area is 328 Å². The number of para-hydroxylation sites is 3. The fourth-order valence-corrected chi connectivity index (χ4v) is 9.22. The minimum atomic E-state index is -0.142. The Balaban J connectivity index is 1.11. The van der Waals surface area contributed by atoms with Crippen LogP contribution in [0, 0.1) is 0 Å². The maximum Gasteiger partial charge on any atom is 0.160 e. The van der Waals surface area contributed by atoms with Crippen molar-refractivity contribution in [2.75, 3.05) is 0 Å². The highest BCUT2D eigenvalue weighted by Gasteiger charge is 2.30. The van der Waals surface area contributed by atoms with E-state index < -0.39 is 0 Å². The SMILES string of the molecule is c1ccc(C2NC(c3ccccc3)NC(c3cccc(-n4c5cc6c7ccccc7n(-c7ccccc7)c6cc5c5ccc6c7ccccc7oc6c54)c3)N2)cc1. The molecule has 6 heteroatoms. The summed E-state index contributed by atoms with van der Waals surface area (Å²) in [6, 6.07) is 67.3. The molecule has 0 radical (unpaired) electrons. The van der Waals surface area contributed by atoms with Crippen molar-refractivity contribution in [3.05, 3.63) is 205 Å². The molecule has 2 atom stereocenters. The van der Waals surface area contributed by atoms with Crippen LogP contribution in [-0.4, -0.2) is 9.13 Å². The number of nitrogens with zero attached hydrogens (tertiary/aromatic N) is 2. The van der Waals surface area contributed by atoms with E-state index in [0.29, 0.717) is 0 Å². The van der Waals surface area contributed by atoms with Crippen LogP contribution in [0.25, 0.3) is 76.9 Å². The van der Waals surface area contributed by atoms with Gasteiger partial charge in [-0.05, 0) is 71.3 Å². The first-order valence-corrected chi connectivity index (χ1v) is 19.6. The van der Waals surface area contributed by atoms with Crippen molar-refractivity contribution >= 4 is 65.6 Å². The Morgan fingerprint density at radius 1 is 0.351 bits per heavy atom. The second-order valence-corrected chi connectivity index (χ2v) is 15.1. The highest BCUT2D eigenvalue weighted by atomic mass is 16.3. The third kappa shape index (κ3) is 5.09. The summed E-state index contributed by atoms with van der Waals surface area (Å²) >= 11 is 0. The molecule has 0 aliphatic carbocycles. The van der Waals surface area contributed by atoms with Gasteiger partial charge in [0.1, 0.15) is 5.58 Å². The Morgan fingerprint density at radius 2 is 0.877 bits per heavy atom. The summed E-state index contributed by atoms with van der Waals surface area (Å²) in [5, 5.41) is 18.6. The van der Waals surface area contributed by atoms with Crippen LogP contribution in [-0.2, 0) is 0 Å². The molecule has 0 spiro atoms. The second-order valence-electron chi connectivity index (χ2n) is 15.1. The molecule has 1 aliphatic heterocycles. The standard InChI is InChI=1S/C51H37N5O/c1-4-15-32(16-5-1)49-52-50(33-17-6-2-7-18-33)54-51(53-49)34-19-14-22-36(29-34)56-45-30-41-37-23-10-12-25-43(37)55(35-20-8-3-9-21-35)44(41)31-42(45)39-27-28-40-38-24-11-13-26-46(38)57-48(40)47(39)56/h1-31,49-54H. The molecular weight excluding hydrogens is 699 g/mol. The van der Waals surface area contributed by atoms with Gasteiger partial charge in [-0.2, -0.15) is 0 Å². The number of fused-ring (bicyclic) bond motifs is 10. The first kappa shape index (κ1) is 32.3. The van der Waals surface area contributed by atoms with E-state index in [1.165, 1.54) is 38.3 Å². The van der Waals surface area contributed by atoms with Crippen molar-refractivity contribution in [3.63, 3.8) is 0 Å². The van der Waals surface area contributed by atoms with E-state index in [-0.39, 0.29) is 18.5 Å². The second kappa shape index (κ2) is 12.8. The smallest absolute Gasteiger partial charge is 0.160 e. The molecule has 0 bridgehead atoms. The summed E-state index contributed by atoms with van der Waals surface area (Å²) < 4.78 is 11.6. The van der Waals surface area contributed by atoms with Gasteiger partial charge in [-0.3, -0.25) is 16.0 Å². The van der Waals surface area contributed by atoms with Crippen molar-refractivity contribution in [3.8, 4) is 11.4 Å². The molecule has 1 fully saturated rings. The molecule has 0 saturated carbocycles. The molecular formula is C51H37N5O. The quantitative estimate of drug-likeness (QED) is 0.165. The van der Waals surface area contributed by atoms with Crippen LogP contribution < -0.4 is 16.0 Å². The van der Waals surface area contributed by atoms with E-state index >= 15 is 0 Å². The van der Waals surface area contributed by atoms with Crippen LogP contribution in [0.2, 0.25) is 0 Å². The van der Waals surface area contributed by atoms with Gasteiger partial charge in [0.15, 0.2) is 5.58 Å². The van der Waals surface area contributed by atoms with E-state index in [2.05, 4.69) is 207 Å². The number of benzene rings is 8. The summed E-state index contributed by atoms with van der Waals surface area (Å²) in [5.41, 5.74) is 12.1. The van der Waals surface area contributed by atoms with Crippen molar-refractivity contribution < 1.29 is 4.42 Å². The number of nitrogens with one attached hydrogen (secondary N) is 3. The average molecular weight is 736 g/mol.